The highest BCUT2D eigenvalue weighted by Gasteiger charge is 2.30. The van der Waals surface area contributed by atoms with Crippen LogP contribution in [0.1, 0.15) is 39.5 Å². The maximum Gasteiger partial charge on any atom is 0.251 e. The number of carbonyl (C=O) groups excluding carboxylic acids is 3. The molecule has 0 spiro atoms. The Morgan fingerprint density at radius 2 is 2.04 bits per heavy atom. The minimum absolute atomic E-state index is 0.0822. The molecule has 3 N–H and O–H groups in total. The summed E-state index contributed by atoms with van der Waals surface area (Å²) in [6.45, 7) is 8.00. The lowest BCUT2D eigenvalue weighted by molar-refractivity contribution is -0.138. The van der Waals surface area contributed by atoms with Gasteiger partial charge in [0.25, 0.3) is 5.91 Å². The second kappa shape index (κ2) is 9.69. The van der Waals surface area contributed by atoms with Crippen LogP contribution in [0.4, 0.5) is 0 Å². The van der Waals surface area contributed by atoms with E-state index in [-0.39, 0.29) is 30.2 Å². The predicted octanol–water partition coefficient (Wildman–Crippen LogP) is 0.119. The van der Waals surface area contributed by atoms with Crippen molar-refractivity contribution in [1.29, 1.82) is 0 Å². The Kier molecular flexibility index (Phi) is 7.94. The Labute approximate surface area is 142 Å². The van der Waals surface area contributed by atoms with Gasteiger partial charge in [-0.2, -0.15) is 0 Å². The number of nitrogens with one attached hydrogen (secondary N) is 3. The van der Waals surface area contributed by atoms with E-state index in [1.54, 1.807) is 7.05 Å². The summed E-state index contributed by atoms with van der Waals surface area (Å²) in [5.41, 5.74) is 0.938. The van der Waals surface area contributed by atoms with Crippen molar-refractivity contribution in [3.8, 4) is 0 Å². The van der Waals surface area contributed by atoms with Crippen molar-refractivity contribution < 1.29 is 14.4 Å². The molecule has 0 saturated heterocycles. The van der Waals surface area contributed by atoms with Gasteiger partial charge in [0, 0.05) is 32.6 Å². The van der Waals surface area contributed by atoms with Crippen LogP contribution in [0.2, 0.25) is 0 Å². The number of hydrogen-bond acceptors (Lipinski definition) is 5. The maximum atomic E-state index is 12.2. The Balaban J connectivity index is 2.35. The smallest absolute Gasteiger partial charge is 0.251 e. The van der Waals surface area contributed by atoms with Gasteiger partial charge in [-0.25, -0.2) is 4.99 Å². The monoisotopic (exact) mass is 337 g/mol. The molecule has 8 nitrogen and oxygen atoms in total. The first kappa shape index (κ1) is 19.7. The van der Waals surface area contributed by atoms with Crippen molar-refractivity contribution in [3.63, 3.8) is 0 Å². The van der Waals surface area contributed by atoms with Crippen molar-refractivity contribution in [2.24, 2.45) is 4.99 Å². The van der Waals surface area contributed by atoms with E-state index in [0.29, 0.717) is 6.42 Å². The molecule has 1 unspecified atom stereocenters. The van der Waals surface area contributed by atoms with Gasteiger partial charge in [0.05, 0.1) is 6.54 Å². The molecule has 0 aliphatic carbocycles. The number of likely N-dealkylation sites (N-methyl/N-ethyl adjacent to an activating group) is 1. The van der Waals surface area contributed by atoms with Crippen molar-refractivity contribution >= 4 is 23.7 Å². The zero-order valence-corrected chi connectivity index (χ0v) is 14.6. The quantitative estimate of drug-likeness (QED) is 0.547. The van der Waals surface area contributed by atoms with E-state index in [1.165, 1.54) is 11.8 Å². The Morgan fingerprint density at radius 3 is 2.62 bits per heavy atom. The number of rotatable bonds is 8. The van der Waals surface area contributed by atoms with E-state index < -0.39 is 6.04 Å². The van der Waals surface area contributed by atoms with Gasteiger partial charge in [0.1, 0.15) is 6.04 Å². The number of allylic oxidation sites excluding steroid dienone is 1. The summed E-state index contributed by atoms with van der Waals surface area (Å²) < 4.78 is 0. The molecule has 1 aliphatic heterocycles. The van der Waals surface area contributed by atoms with Crippen LogP contribution in [-0.2, 0) is 14.4 Å². The van der Waals surface area contributed by atoms with Crippen molar-refractivity contribution in [3.05, 3.63) is 12.3 Å². The van der Waals surface area contributed by atoms with Crippen LogP contribution in [0.25, 0.3) is 0 Å². The van der Waals surface area contributed by atoms with Crippen LogP contribution in [0.15, 0.2) is 17.3 Å². The first-order valence-corrected chi connectivity index (χ1v) is 8.09. The van der Waals surface area contributed by atoms with Crippen molar-refractivity contribution in [2.75, 3.05) is 20.1 Å². The van der Waals surface area contributed by atoms with Crippen LogP contribution < -0.4 is 16.0 Å². The molecule has 0 aromatic carbocycles. The third-order valence-corrected chi connectivity index (χ3v) is 3.62. The number of amides is 3. The second-order valence-electron chi connectivity index (χ2n) is 5.90. The number of carbonyl (C=O) groups is 3. The fourth-order valence-corrected chi connectivity index (χ4v) is 2.27. The van der Waals surface area contributed by atoms with E-state index in [4.69, 9.17) is 0 Å². The molecular weight excluding hydrogens is 310 g/mol. The molecule has 8 heteroatoms. The zero-order chi connectivity index (χ0) is 18.1. The Bertz CT molecular complexity index is 530. The lowest BCUT2D eigenvalue weighted by Gasteiger charge is -2.29. The van der Waals surface area contributed by atoms with Gasteiger partial charge in [-0.05, 0) is 19.8 Å². The van der Waals surface area contributed by atoms with Crippen LogP contribution >= 0.6 is 0 Å². The summed E-state index contributed by atoms with van der Waals surface area (Å²) >= 11 is 0. The first-order valence-electron chi connectivity index (χ1n) is 8.09. The largest absolute Gasteiger partial charge is 0.389 e. The summed E-state index contributed by atoms with van der Waals surface area (Å²) in [4.78, 5) is 40.7. The summed E-state index contributed by atoms with van der Waals surface area (Å²) in [6.07, 6.45) is 3.07. The molecule has 0 fully saturated rings. The molecule has 1 rings (SSSR count). The van der Waals surface area contributed by atoms with Crippen LogP contribution in [-0.4, -0.2) is 54.8 Å². The molecule has 3 amide bonds. The van der Waals surface area contributed by atoms with Crippen LogP contribution in [0, 0.1) is 0 Å². The fraction of sp³-hybridized carbons (Fsp3) is 0.625. The minimum atomic E-state index is -0.639. The van der Waals surface area contributed by atoms with E-state index >= 15 is 0 Å². The van der Waals surface area contributed by atoms with Crippen LogP contribution in [0.5, 0.6) is 0 Å². The number of unbranched alkanes of at least 4 members (excludes halogenated alkanes) is 2. The SMILES string of the molecule is C=C(C)NCCCCCC(=O)N(C)C1CN=C(NC(C)=O)NC1=O. The van der Waals surface area contributed by atoms with Crippen molar-refractivity contribution in [1.82, 2.24) is 20.9 Å². The van der Waals surface area contributed by atoms with E-state index in [0.717, 1.165) is 31.5 Å². The summed E-state index contributed by atoms with van der Waals surface area (Å²) in [6, 6.07) is -0.639. The summed E-state index contributed by atoms with van der Waals surface area (Å²) in [5, 5.41) is 8.07. The Morgan fingerprint density at radius 1 is 1.33 bits per heavy atom. The van der Waals surface area contributed by atoms with Gasteiger partial charge in [-0.1, -0.05) is 13.0 Å². The third kappa shape index (κ3) is 6.80. The maximum absolute atomic E-state index is 12.2. The molecule has 1 aliphatic rings. The van der Waals surface area contributed by atoms with Gasteiger partial charge >= 0.3 is 0 Å². The number of aliphatic imine (C=N–C) groups is 1. The topological polar surface area (TPSA) is 103 Å². The third-order valence-electron chi connectivity index (χ3n) is 3.62. The molecule has 1 heterocycles. The molecule has 134 valence electrons. The van der Waals surface area contributed by atoms with E-state index in [9.17, 15) is 14.4 Å². The van der Waals surface area contributed by atoms with Gasteiger partial charge in [-0.3, -0.25) is 25.0 Å². The summed E-state index contributed by atoms with van der Waals surface area (Å²) in [5.74, 6) is -0.593. The first-order chi connectivity index (χ1) is 11.3. The average Bonchev–Trinajstić information content (AvgIpc) is 2.49. The molecule has 0 aromatic rings. The lowest BCUT2D eigenvalue weighted by atomic mass is 10.1. The molecule has 0 aromatic heterocycles. The van der Waals surface area contributed by atoms with Crippen LogP contribution in [0.3, 0.4) is 0 Å². The standard InChI is InChI=1S/C16H27N5O3/c1-11(2)17-9-7-5-6-8-14(23)21(4)13-10-18-16(19-12(3)22)20-15(13)24/h13,17H,1,5-10H2,2-4H3,(H2,18,19,20,22,24). The highest BCUT2D eigenvalue weighted by molar-refractivity contribution is 6.07. The number of nitrogens with zero attached hydrogens (tertiary/aromatic N) is 2. The highest BCUT2D eigenvalue weighted by atomic mass is 16.2. The van der Waals surface area contributed by atoms with Gasteiger partial charge in [0.15, 0.2) is 0 Å². The molecular formula is C16H27N5O3. The normalized spacial score (nSPS) is 16.7. The summed E-state index contributed by atoms with van der Waals surface area (Å²) in [7, 11) is 1.61. The van der Waals surface area contributed by atoms with E-state index in [2.05, 4.69) is 27.5 Å². The van der Waals surface area contributed by atoms with Gasteiger partial charge < -0.3 is 10.2 Å². The van der Waals surface area contributed by atoms with Crippen molar-refractivity contribution in [2.45, 2.75) is 45.6 Å². The number of hydrogen-bond donors (Lipinski definition) is 3. The predicted molar refractivity (Wildman–Crippen MR) is 92.1 cm³/mol. The highest BCUT2D eigenvalue weighted by Crippen LogP contribution is 2.08. The zero-order valence-electron chi connectivity index (χ0n) is 14.6. The lowest BCUT2D eigenvalue weighted by Crippen LogP contribution is -2.57. The fourth-order valence-electron chi connectivity index (χ4n) is 2.27. The second-order valence-corrected chi connectivity index (χ2v) is 5.90. The van der Waals surface area contributed by atoms with Gasteiger partial charge in [-0.15, -0.1) is 0 Å². The van der Waals surface area contributed by atoms with E-state index in [1.807, 2.05) is 6.92 Å². The molecule has 0 radical (unpaired) electrons. The number of guanidine groups is 1. The molecule has 0 bridgehead atoms. The van der Waals surface area contributed by atoms with Gasteiger partial charge in [0.2, 0.25) is 17.8 Å². The minimum Gasteiger partial charge on any atom is -0.389 e. The molecule has 24 heavy (non-hydrogen) atoms. The Hall–Kier alpha value is -2.38. The molecule has 0 saturated carbocycles. The average molecular weight is 337 g/mol. The molecule has 1 atom stereocenters.